The maximum absolute atomic E-state index is 9.36. The maximum atomic E-state index is 9.36. The van der Waals surface area contributed by atoms with Gasteiger partial charge in [-0.2, -0.15) is 0 Å². The van der Waals surface area contributed by atoms with Gasteiger partial charge in [-0.05, 0) is 58.8 Å². The highest BCUT2D eigenvalue weighted by molar-refractivity contribution is 4.75. The zero-order valence-corrected chi connectivity index (χ0v) is 10.4. The number of hydrogen-bond donors (Lipinski definition) is 2. The van der Waals surface area contributed by atoms with Crippen molar-refractivity contribution in [2.24, 2.45) is 5.92 Å². The van der Waals surface area contributed by atoms with Crippen molar-refractivity contribution in [2.75, 3.05) is 26.2 Å². The molecule has 0 amide bonds. The van der Waals surface area contributed by atoms with Gasteiger partial charge in [-0.3, -0.25) is 0 Å². The Labute approximate surface area is 93.9 Å². The molecule has 1 heterocycles. The molecule has 2 unspecified atom stereocenters. The lowest BCUT2D eigenvalue weighted by molar-refractivity contribution is 0.140. The van der Waals surface area contributed by atoms with Gasteiger partial charge >= 0.3 is 0 Å². The molecule has 1 aliphatic rings. The van der Waals surface area contributed by atoms with Gasteiger partial charge in [-0.25, -0.2) is 0 Å². The summed E-state index contributed by atoms with van der Waals surface area (Å²) in [5.41, 5.74) is 0. The number of piperidine rings is 1. The molecule has 2 N–H and O–H groups in total. The van der Waals surface area contributed by atoms with E-state index in [0.717, 1.165) is 12.5 Å². The van der Waals surface area contributed by atoms with Gasteiger partial charge in [0.25, 0.3) is 0 Å². The van der Waals surface area contributed by atoms with E-state index in [-0.39, 0.29) is 12.1 Å². The second-order valence-corrected chi connectivity index (χ2v) is 4.82. The molecule has 0 aromatic heterocycles. The van der Waals surface area contributed by atoms with Gasteiger partial charge in [0.2, 0.25) is 0 Å². The van der Waals surface area contributed by atoms with Gasteiger partial charge in [-0.1, -0.05) is 6.92 Å². The fraction of sp³-hybridized carbons (Fsp3) is 1.00. The Morgan fingerprint density at radius 2 is 1.93 bits per heavy atom. The van der Waals surface area contributed by atoms with Crippen LogP contribution in [0.5, 0.6) is 0 Å². The average molecular weight is 214 g/mol. The van der Waals surface area contributed by atoms with E-state index in [0.29, 0.717) is 0 Å². The molecule has 3 nitrogen and oxygen atoms in total. The average Bonchev–Trinajstić information content (AvgIpc) is 2.26. The van der Waals surface area contributed by atoms with Crippen LogP contribution in [0, 0.1) is 5.92 Å². The molecular weight excluding hydrogens is 188 g/mol. The number of aliphatic hydroxyl groups is 1. The highest BCUT2D eigenvalue weighted by atomic mass is 16.3. The lowest BCUT2D eigenvalue weighted by Gasteiger charge is -2.32. The van der Waals surface area contributed by atoms with E-state index in [1.165, 1.54) is 32.5 Å². The third-order valence-electron chi connectivity index (χ3n) is 3.61. The van der Waals surface area contributed by atoms with Crippen LogP contribution in [0.3, 0.4) is 0 Å². The van der Waals surface area contributed by atoms with E-state index in [4.69, 9.17) is 0 Å². The Morgan fingerprint density at radius 1 is 1.33 bits per heavy atom. The Kier molecular flexibility index (Phi) is 5.58. The fourth-order valence-electron chi connectivity index (χ4n) is 2.03. The van der Waals surface area contributed by atoms with Crippen LogP contribution in [-0.2, 0) is 0 Å². The minimum Gasteiger partial charge on any atom is -0.392 e. The highest BCUT2D eigenvalue weighted by Gasteiger charge is 2.18. The number of hydrogen-bond acceptors (Lipinski definition) is 3. The largest absolute Gasteiger partial charge is 0.392 e. The smallest absolute Gasteiger partial charge is 0.0662 e. The minimum absolute atomic E-state index is 0.217. The minimum atomic E-state index is -0.249. The molecule has 2 atom stereocenters. The first-order chi connectivity index (χ1) is 7.13. The van der Waals surface area contributed by atoms with Crippen molar-refractivity contribution in [3.63, 3.8) is 0 Å². The molecule has 1 saturated heterocycles. The number of nitrogens with zero attached hydrogens (tertiary/aromatic N) is 1. The second-order valence-electron chi connectivity index (χ2n) is 4.82. The zero-order valence-electron chi connectivity index (χ0n) is 10.4. The van der Waals surface area contributed by atoms with Crippen molar-refractivity contribution >= 4 is 0 Å². The molecule has 0 aliphatic carbocycles. The second kappa shape index (κ2) is 6.46. The van der Waals surface area contributed by atoms with Crippen molar-refractivity contribution in [2.45, 2.75) is 45.8 Å². The van der Waals surface area contributed by atoms with Crippen molar-refractivity contribution < 1.29 is 5.11 Å². The predicted octanol–water partition coefficient (Wildman–Crippen LogP) is 1.08. The third-order valence-corrected chi connectivity index (χ3v) is 3.61. The Bertz CT molecular complexity index is 165. The highest BCUT2D eigenvalue weighted by Crippen LogP contribution is 2.16. The summed E-state index contributed by atoms with van der Waals surface area (Å²) in [6.45, 7) is 10.9. The molecule has 1 fully saturated rings. The summed E-state index contributed by atoms with van der Waals surface area (Å²) < 4.78 is 0. The molecule has 0 spiro atoms. The van der Waals surface area contributed by atoms with Crippen molar-refractivity contribution in [3.8, 4) is 0 Å². The molecule has 1 rings (SSSR count). The fourth-order valence-corrected chi connectivity index (χ4v) is 2.03. The van der Waals surface area contributed by atoms with Gasteiger partial charge in [0.1, 0.15) is 0 Å². The zero-order chi connectivity index (χ0) is 11.3. The quantitative estimate of drug-likeness (QED) is 0.719. The summed E-state index contributed by atoms with van der Waals surface area (Å²) in [4.78, 5) is 2.51. The van der Waals surface area contributed by atoms with Crippen LogP contribution in [0.25, 0.3) is 0 Å². The number of rotatable bonds is 5. The van der Waals surface area contributed by atoms with Crippen molar-refractivity contribution in [1.29, 1.82) is 0 Å². The van der Waals surface area contributed by atoms with Crippen LogP contribution in [0.1, 0.15) is 33.6 Å². The first-order valence-electron chi connectivity index (χ1n) is 6.27. The van der Waals surface area contributed by atoms with Gasteiger partial charge < -0.3 is 15.3 Å². The first-order valence-corrected chi connectivity index (χ1v) is 6.27. The molecule has 15 heavy (non-hydrogen) atoms. The van der Waals surface area contributed by atoms with E-state index in [9.17, 15) is 5.11 Å². The van der Waals surface area contributed by atoms with Gasteiger partial charge in [0.05, 0.1) is 6.10 Å². The lowest BCUT2D eigenvalue weighted by Crippen LogP contribution is -2.42. The summed E-state index contributed by atoms with van der Waals surface area (Å²) >= 11 is 0. The van der Waals surface area contributed by atoms with Gasteiger partial charge in [0.15, 0.2) is 0 Å². The topological polar surface area (TPSA) is 35.5 Å². The Morgan fingerprint density at radius 3 is 2.40 bits per heavy atom. The number of nitrogens with one attached hydrogen (secondary N) is 1. The molecule has 0 saturated carbocycles. The van der Waals surface area contributed by atoms with Crippen LogP contribution in [-0.4, -0.2) is 48.3 Å². The summed E-state index contributed by atoms with van der Waals surface area (Å²) in [6.07, 6.45) is 2.35. The molecule has 0 radical (unpaired) electrons. The van der Waals surface area contributed by atoms with Crippen LogP contribution in [0.2, 0.25) is 0 Å². The first kappa shape index (κ1) is 12.9. The van der Waals surface area contributed by atoms with E-state index in [2.05, 4.69) is 17.1 Å². The molecule has 0 aromatic carbocycles. The van der Waals surface area contributed by atoms with Crippen molar-refractivity contribution in [3.05, 3.63) is 0 Å². The third kappa shape index (κ3) is 4.49. The Balaban J connectivity index is 2.13. The van der Waals surface area contributed by atoms with Crippen LogP contribution in [0.15, 0.2) is 0 Å². The summed E-state index contributed by atoms with van der Waals surface area (Å²) in [5, 5.41) is 12.8. The van der Waals surface area contributed by atoms with Gasteiger partial charge in [-0.15, -0.1) is 0 Å². The normalized spacial score (nSPS) is 24.0. The van der Waals surface area contributed by atoms with Crippen molar-refractivity contribution in [1.82, 2.24) is 10.2 Å². The Hall–Kier alpha value is -0.120. The summed E-state index contributed by atoms with van der Waals surface area (Å²) in [7, 11) is 0. The monoisotopic (exact) mass is 214 g/mol. The molecule has 0 aromatic rings. The standard InChI is InChI=1S/C12H26N2O/c1-4-14-7-5-12(6-8-14)9-13-10(2)11(3)15/h10-13,15H,4-9H2,1-3H3. The van der Waals surface area contributed by atoms with Crippen LogP contribution < -0.4 is 5.32 Å². The van der Waals surface area contributed by atoms with Crippen LogP contribution in [0.4, 0.5) is 0 Å². The molecular formula is C12H26N2O. The number of aliphatic hydroxyl groups excluding tert-OH is 1. The predicted molar refractivity (Wildman–Crippen MR) is 64.0 cm³/mol. The summed E-state index contributed by atoms with van der Waals surface area (Å²) in [6, 6.07) is 0.217. The lowest BCUT2D eigenvalue weighted by atomic mass is 9.96. The molecule has 1 aliphatic heterocycles. The van der Waals surface area contributed by atoms with E-state index in [1.54, 1.807) is 0 Å². The van der Waals surface area contributed by atoms with E-state index in [1.807, 2.05) is 13.8 Å². The van der Waals surface area contributed by atoms with E-state index < -0.39 is 0 Å². The molecule has 0 bridgehead atoms. The van der Waals surface area contributed by atoms with Crippen LogP contribution >= 0.6 is 0 Å². The van der Waals surface area contributed by atoms with E-state index >= 15 is 0 Å². The summed E-state index contributed by atoms with van der Waals surface area (Å²) in [5.74, 6) is 0.800. The molecule has 90 valence electrons. The maximum Gasteiger partial charge on any atom is 0.0662 e. The van der Waals surface area contributed by atoms with Gasteiger partial charge in [0, 0.05) is 6.04 Å². The molecule has 3 heteroatoms. The SMILES string of the molecule is CCN1CCC(CNC(C)C(C)O)CC1. The number of likely N-dealkylation sites (tertiary alicyclic amines) is 1.